The number of hydrogen-bond donors (Lipinski definition) is 3. The molecule has 0 rings (SSSR count). The first-order chi connectivity index (χ1) is 14.4. The van der Waals surface area contributed by atoms with E-state index in [1.54, 1.807) is 0 Å². The Morgan fingerprint density at radius 3 is 1.00 bits per heavy atom. The van der Waals surface area contributed by atoms with Crippen LogP contribution in [0, 0.1) is 0 Å². The first-order valence-corrected chi connectivity index (χ1v) is 12.5. The molecule has 1 atom stereocenters. The second-order valence-electron chi connectivity index (χ2n) is 8.52. The lowest BCUT2D eigenvalue weighted by Crippen LogP contribution is -2.13. The van der Waals surface area contributed by atoms with Gasteiger partial charge in [0, 0.05) is 6.42 Å². The largest absolute Gasteiger partial charge is 0.481 e. The molecule has 0 aliphatic heterocycles. The van der Waals surface area contributed by atoms with E-state index in [4.69, 9.17) is 15.3 Å². The summed E-state index contributed by atoms with van der Waals surface area (Å²) in [4.78, 5) is 19.8. The van der Waals surface area contributed by atoms with Gasteiger partial charge in [0.25, 0.3) is 0 Å². The number of aliphatic hydroxyl groups is 1. The summed E-state index contributed by atoms with van der Waals surface area (Å²) >= 11 is 0. The van der Waals surface area contributed by atoms with E-state index in [1.165, 1.54) is 116 Å². The van der Waals surface area contributed by atoms with E-state index in [0.29, 0.717) is 6.42 Å². The third-order valence-corrected chi connectivity index (χ3v) is 5.35. The van der Waals surface area contributed by atoms with Crippen molar-refractivity contribution in [1.82, 2.24) is 0 Å². The Kier molecular flexibility index (Phi) is 26.9. The molecule has 0 aromatic heterocycles. The van der Waals surface area contributed by atoms with Crippen LogP contribution in [-0.4, -0.2) is 33.4 Å². The van der Waals surface area contributed by atoms with E-state index in [1.807, 2.05) is 0 Å². The number of carbonyl (C=O) groups is 2. The minimum atomic E-state index is -1.23. The van der Waals surface area contributed by atoms with E-state index in [0.717, 1.165) is 12.8 Å². The van der Waals surface area contributed by atoms with E-state index in [2.05, 4.69) is 6.92 Å². The van der Waals surface area contributed by atoms with Gasteiger partial charge in [0.2, 0.25) is 0 Å². The Hall–Kier alpha value is -1.10. The Bertz CT molecular complexity index is 369. The summed E-state index contributed by atoms with van der Waals surface area (Å²) in [6.07, 6.45) is 24.9. The van der Waals surface area contributed by atoms with Crippen molar-refractivity contribution in [3.63, 3.8) is 0 Å². The van der Waals surface area contributed by atoms with Gasteiger partial charge in [-0.3, -0.25) is 4.79 Å². The fraction of sp³-hybridized carbons (Fsp3) is 0.920. The molecule has 180 valence electrons. The molecule has 0 aliphatic rings. The van der Waals surface area contributed by atoms with Gasteiger partial charge in [0.15, 0.2) is 0 Å². The molecule has 0 bridgehead atoms. The Morgan fingerprint density at radius 2 is 0.800 bits per heavy atom. The van der Waals surface area contributed by atoms with Crippen molar-refractivity contribution >= 4 is 11.9 Å². The van der Waals surface area contributed by atoms with E-state index in [-0.39, 0.29) is 0 Å². The third-order valence-electron chi connectivity index (χ3n) is 5.35. The molecule has 0 aliphatic carbocycles. The fourth-order valence-electron chi connectivity index (χ4n) is 3.35. The van der Waals surface area contributed by atoms with Crippen LogP contribution in [0.5, 0.6) is 0 Å². The zero-order valence-corrected chi connectivity index (χ0v) is 19.9. The molecule has 0 spiro atoms. The number of aliphatic hydroxyl groups excluding tert-OH is 1. The lowest BCUT2D eigenvalue weighted by Gasteiger charge is -2.03. The molecule has 0 saturated heterocycles. The minimum Gasteiger partial charge on any atom is -0.481 e. The number of rotatable bonds is 21. The molecule has 1 unspecified atom stereocenters. The van der Waals surface area contributed by atoms with Gasteiger partial charge >= 0.3 is 11.9 Å². The molecule has 0 aromatic rings. The lowest BCUT2D eigenvalue weighted by molar-refractivity contribution is -0.145. The highest BCUT2D eigenvalue weighted by molar-refractivity contribution is 5.71. The molecule has 5 nitrogen and oxygen atoms in total. The van der Waals surface area contributed by atoms with Crippen molar-refractivity contribution in [2.45, 2.75) is 148 Å². The maximum Gasteiger partial charge on any atom is 0.332 e. The number of aliphatic carboxylic acids is 2. The smallest absolute Gasteiger partial charge is 0.332 e. The summed E-state index contributed by atoms with van der Waals surface area (Å²) in [5.41, 5.74) is 0. The monoisotopic (exact) mass is 430 g/mol. The number of carboxylic acids is 2. The quantitative estimate of drug-likeness (QED) is 0.165. The van der Waals surface area contributed by atoms with Gasteiger partial charge in [0.05, 0.1) is 0 Å². The predicted molar refractivity (Wildman–Crippen MR) is 125 cm³/mol. The average Bonchev–Trinajstić information content (AvgIpc) is 2.70. The molecule has 3 N–H and O–H groups in total. The maximum atomic E-state index is 10.4. The van der Waals surface area contributed by atoms with Gasteiger partial charge < -0.3 is 15.3 Å². The Morgan fingerprint density at radius 1 is 0.567 bits per heavy atom. The topological polar surface area (TPSA) is 94.8 Å². The average molecular weight is 431 g/mol. The molecular formula is C25H50O5. The van der Waals surface area contributed by atoms with Crippen LogP contribution in [0.25, 0.3) is 0 Å². The van der Waals surface area contributed by atoms with E-state index < -0.39 is 18.0 Å². The van der Waals surface area contributed by atoms with Crippen molar-refractivity contribution < 1.29 is 24.9 Å². The summed E-state index contributed by atoms with van der Waals surface area (Å²) < 4.78 is 0. The van der Waals surface area contributed by atoms with Gasteiger partial charge in [-0.1, -0.05) is 122 Å². The van der Waals surface area contributed by atoms with Crippen molar-refractivity contribution in [3.8, 4) is 0 Å². The number of carboxylic acid groups (broad SMARTS) is 2. The van der Waals surface area contributed by atoms with Crippen LogP contribution >= 0.6 is 0 Å². The fourth-order valence-corrected chi connectivity index (χ4v) is 3.35. The molecule has 30 heavy (non-hydrogen) atoms. The Balaban J connectivity index is 0. The second-order valence-corrected chi connectivity index (χ2v) is 8.52. The zero-order valence-electron chi connectivity index (χ0n) is 19.9. The highest BCUT2D eigenvalue weighted by Crippen LogP contribution is 2.14. The lowest BCUT2D eigenvalue weighted by atomic mass is 10.0. The zero-order chi connectivity index (χ0) is 22.9. The number of unbranched alkanes of at least 4 members (excludes halogenated alkanes) is 18. The van der Waals surface area contributed by atoms with Crippen LogP contribution in [0.4, 0.5) is 0 Å². The Labute approximate surface area is 185 Å². The van der Waals surface area contributed by atoms with Crippen LogP contribution in [0.2, 0.25) is 0 Å². The van der Waals surface area contributed by atoms with E-state index >= 15 is 0 Å². The van der Waals surface area contributed by atoms with E-state index in [9.17, 15) is 9.59 Å². The van der Waals surface area contributed by atoms with Gasteiger partial charge in [-0.2, -0.15) is 0 Å². The van der Waals surface area contributed by atoms with Gasteiger partial charge in [-0.25, -0.2) is 4.79 Å². The molecule has 0 fully saturated rings. The van der Waals surface area contributed by atoms with Crippen LogP contribution < -0.4 is 0 Å². The number of hydrogen-bond acceptors (Lipinski definition) is 3. The SMILES string of the molecule is CC(O)C(=O)O.CCCCCCCCCCCCCCCCCCCCCC(=O)O. The van der Waals surface area contributed by atoms with Crippen LogP contribution in [0.15, 0.2) is 0 Å². The van der Waals surface area contributed by atoms with Gasteiger partial charge in [-0.05, 0) is 13.3 Å². The normalized spacial score (nSPS) is 11.6. The summed E-state index contributed by atoms with van der Waals surface area (Å²) in [5.74, 6) is -1.84. The highest BCUT2D eigenvalue weighted by atomic mass is 16.4. The molecule has 0 saturated carbocycles. The van der Waals surface area contributed by atoms with Crippen LogP contribution in [0.1, 0.15) is 142 Å². The standard InChI is InChI=1S/C22H44O2.C3H6O3/c1-2-3-4-5-6-7-8-9-10-11-12-13-14-15-16-17-18-19-20-21-22(23)24;1-2(4)3(5)6/h2-21H2,1H3,(H,23,24);2,4H,1H3,(H,5,6). The predicted octanol–water partition coefficient (Wildman–Crippen LogP) is 7.34. The molecule has 0 heterocycles. The summed E-state index contributed by atoms with van der Waals surface area (Å²) in [6, 6.07) is 0. The van der Waals surface area contributed by atoms with Crippen molar-refractivity contribution in [1.29, 1.82) is 0 Å². The maximum absolute atomic E-state index is 10.4. The van der Waals surface area contributed by atoms with Crippen molar-refractivity contribution in [2.75, 3.05) is 0 Å². The minimum absolute atomic E-state index is 0.346. The molecule has 0 amide bonds. The van der Waals surface area contributed by atoms with Crippen molar-refractivity contribution in [2.24, 2.45) is 0 Å². The van der Waals surface area contributed by atoms with Crippen molar-refractivity contribution in [3.05, 3.63) is 0 Å². The third kappa shape index (κ3) is 31.6. The molecule has 0 aromatic carbocycles. The van der Waals surface area contributed by atoms with Crippen LogP contribution in [0.3, 0.4) is 0 Å². The van der Waals surface area contributed by atoms with Gasteiger partial charge in [0.1, 0.15) is 6.10 Å². The summed E-state index contributed by atoms with van der Waals surface area (Å²) in [7, 11) is 0. The van der Waals surface area contributed by atoms with Gasteiger partial charge in [-0.15, -0.1) is 0 Å². The second kappa shape index (κ2) is 25.9. The summed E-state index contributed by atoms with van der Waals surface area (Å²) in [5, 5.41) is 24.3. The first-order valence-electron chi connectivity index (χ1n) is 12.5. The first kappa shape index (κ1) is 31.1. The molecular weight excluding hydrogens is 380 g/mol. The summed E-state index contributed by atoms with van der Waals surface area (Å²) in [6.45, 7) is 3.48. The molecule has 0 radical (unpaired) electrons. The molecule has 5 heteroatoms. The highest BCUT2D eigenvalue weighted by Gasteiger charge is 2.01. The van der Waals surface area contributed by atoms with Crippen LogP contribution in [-0.2, 0) is 9.59 Å².